The summed E-state index contributed by atoms with van der Waals surface area (Å²) in [7, 11) is 0. The fourth-order valence-corrected chi connectivity index (χ4v) is 3.98. The summed E-state index contributed by atoms with van der Waals surface area (Å²) in [4.78, 5) is 39.9. The summed E-state index contributed by atoms with van der Waals surface area (Å²) in [6.45, 7) is 1.34. The second-order valence-electron chi connectivity index (χ2n) is 5.03. The van der Waals surface area contributed by atoms with Crippen LogP contribution in [0.1, 0.15) is 36.2 Å². The molecule has 2 N–H and O–H groups in total. The molecule has 0 saturated heterocycles. The summed E-state index contributed by atoms with van der Waals surface area (Å²) in [6.07, 6.45) is 3.85. The molecule has 2 aromatic heterocycles. The molecule has 6 nitrogen and oxygen atoms in total. The first kappa shape index (κ1) is 13.1. The molecule has 0 spiro atoms. The Morgan fingerprint density at radius 2 is 2.05 bits per heavy atom. The van der Waals surface area contributed by atoms with Gasteiger partial charge in [-0.2, -0.15) is 0 Å². The third kappa shape index (κ3) is 1.81. The number of hydrogen-bond donors (Lipinski definition) is 2. The second kappa shape index (κ2) is 4.59. The van der Waals surface area contributed by atoms with Crippen molar-refractivity contribution in [3.63, 3.8) is 0 Å². The van der Waals surface area contributed by atoms with Crippen molar-refractivity contribution >= 4 is 27.5 Å². The Morgan fingerprint density at radius 1 is 1.35 bits per heavy atom. The van der Waals surface area contributed by atoms with Crippen LogP contribution in [0.25, 0.3) is 10.2 Å². The van der Waals surface area contributed by atoms with E-state index in [1.165, 1.54) is 18.3 Å². The third-order valence-electron chi connectivity index (χ3n) is 3.79. The predicted octanol–water partition coefficient (Wildman–Crippen LogP) is 1.28. The fourth-order valence-electron chi connectivity index (χ4n) is 2.71. The van der Waals surface area contributed by atoms with Gasteiger partial charge in [-0.15, -0.1) is 11.3 Å². The summed E-state index contributed by atoms with van der Waals surface area (Å²) in [6, 6.07) is -1.17. The minimum absolute atomic E-state index is 0.488. The molecule has 0 fully saturated rings. The highest BCUT2D eigenvalue weighted by molar-refractivity contribution is 7.18. The van der Waals surface area contributed by atoms with E-state index in [0.29, 0.717) is 10.2 Å². The van der Waals surface area contributed by atoms with Crippen molar-refractivity contribution < 1.29 is 9.90 Å². The standard InChI is InChI=1S/C13H14N2O4S/c1-6(12(17)18)15-11(16)9-7-4-2-3-5-8(7)20-10(9)14-13(15)19/h6H,2-5H2,1H3,(H,14,19)(H,17,18). The Morgan fingerprint density at radius 3 is 2.75 bits per heavy atom. The maximum atomic E-state index is 12.5. The molecule has 0 radical (unpaired) electrons. The molecule has 106 valence electrons. The largest absolute Gasteiger partial charge is 0.480 e. The van der Waals surface area contributed by atoms with Gasteiger partial charge in [-0.1, -0.05) is 0 Å². The Balaban J connectivity index is 2.36. The minimum Gasteiger partial charge on any atom is -0.480 e. The highest BCUT2D eigenvalue weighted by Gasteiger charge is 2.24. The third-order valence-corrected chi connectivity index (χ3v) is 5.00. The first-order valence-electron chi connectivity index (χ1n) is 6.52. The summed E-state index contributed by atoms with van der Waals surface area (Å²) < 4.78 is 0.798. The summed E-state index contributed by atoms with van der Waals surface area (Å²) in [5.41, 5.74) is -0.155. The Labute approximate surface area is 117 Å². The molecule has 0 amide bonds. The number of nitrogens with one attached hydrogen (secondary N) is 1. The van der Waals surface area contributed by atoms with Crippen molar-refractivity contribution in [2.75, 3.05) is 0 Å². The van der Waals surface area contributed by atoms with Gasteiger partial charge in [0.05, 0.1) is 5.39 Å². The molecular weight excluding hydrogens is 280 g/mol. The van der Waals surface area contributed by atoms with Gasteiger partial charge in [0.15, 0.2) is 0 Å². The SMILES string of the molecule is CC(C(=O)O)n1c(=O)[nH]c2sc3c(c2c1=O)CCCC3. The summed E-state index contributed by atoms with van der Waals surface area (Å²) >= 11 is 1.44. The quantitative estimate of drug-likeness (QED) is 0.872. The van der Waals surface area contributed by atoms with Gasteiger partial charge >= 0.3 is 11.7 Å². The van der Waals surface area contributed by atoms with Crippen LogP contribution >= 0.6 is 11.3 Å². The van der Waals surface area contributed by atoms with Crippen LogP contribution in [0.2, 0.25) is 0 Å². The van der Waals surface area contributed by atoms with E-state index >= 15 is 0 Å². The number of nitrogens with zero attached hydrogens (tertiary/aromatic N) is 1. The number of hydrogen-bond acceptors (Lipinski definition) is 4. The molecule has 1 atom stereocenters. The number of aliphatic carboxylic acids is 1. The Bertz CT molecular complexity index is 814. The number of fused-ring (bicyclic) bond motifs is 3. The van der Waals surface area contributed by atoms with Crippen LogP contribution in [0.15, 0.2) is 9.59 Å². The molecule has 0 aliphatic heterocycles. The molecule has 20 heavy (non-hydrogen) atoms. The van der Waals surface area contributed by atoms with Crippen molar-refractivity contribution in [2.24, 2.45) is 0 Å². The van der Waals surface area contributed by atoms with Crippen LogP contribution in [0.3, 0.4) is 0 Å². The van der Waals surface area contributed by atoms with Crippen LogP contribution in [0, 0.1) is 0 Å². The van der Waals surface area contributed by atoms with E-state index in [1.807, 2.05) is 0 Å². The second-order valence-corrected chi connectivity index (χ2v) is 6.14. The van der Waals surface area contributed by atoms with Crippen molar-refractivity contribution in [3.8, 4) is 0 Å². The molecule has 0 bridgehead atoms. The molecule has 0 aromatic carbocycles. The van der Waals surface area contributed by atoms with E-state index in [1.54, 1.807) is 0 Å². The lowest BCUT2D eigenvalue weighted by Gasteiger charge is -2.11. The number of aryl methyl sites for hydroxylation is 2. The fraction of sp³-hybridized carbons (Fsp3) is 0.462. The van der Waals surface area contributed by atoms with Gasteiger partial charge in [0.1, 0.15) is 10.9 Å². The highest BCUT2D eigenvalue weighted by Crippen LogP contribution is 2.33. The average Bonchev–Trinajstić information content (AvgIpc) is 2.76. The molecule has 1 aliphatic rings. The number of rotatable bonds is 2. The zero-order chi connectivity index (χ0) is 14.4. The van der Waals surface area contributed by atoms with Crippen LogP contribution in [0.4, 0.5) is 0 Å². The van der Waals surface area contributed by atoms with Crippen LogP contribution in [0.5, 0.6) is 0 Å². The lowest BCUT2D eigenvalue weighted by atomic mass is 9.97. The zero-order valence-corrected chi connectivity index (χ0v) is 11.7. The van der Waals surface area contributed by atoms with E-state index in [9.17, 15) is 14.4 Å². The first-order chi connectivity index (χ1) is 9.50. The maximum Gasteiger partial charge on any atom is 0.330 e. The summed E-state index contributed by atoms with van der Waals surface area (Å²) in [5.74, 6) is -1.19. The van der Waals surface area contributed by atoms with Crippen LogP contribution in [-0.2, 0) is 17.6 Å². The smallest absolute Gasteiger partial charge is 0.330 e. The molecule has 0 saturated carbocycles. The molecule has 2 aromatic rings. The Hall–Kier alpha value is -1.89. The van der Waals surface area contributed by atoms with Crippen LogP contribution in [-0.4, -0.2) is 20.6 Å². The maximum absolute atomic E-state index is 12.5. The number of aromatic nitrogens is 2. The normalized spacial score (nSPS) is 16.1. The number of H-pyrrole nitrogens is 1. The number of thiophene rings is 1. The van der Waals surface area contributed by atoms with Crippen molar-refractivity contribution in [1.82, 2.24) is 9.55 Å². The molecule has 2 heterocycles. The predicted molar refractivity (Wildman–Crippen MR) is 75.7 cm³/mol. The van der Waals surface area contributed by atoms with E-state index in [-0.39, 0.29) is 0 Å². The Kier molecular flexibility index (Phi) is 3.01. The monoisotopic (exact) mass is 294 g/mol. The molecular formula is C13H14N2O4S. The number of carboxylic acid groups (broad SMARTS) is 1. The number of aromatic amines is 1. The van der Waals surface area contributed by atoms with E-state index in [2.05, 4.69) is 4.98 Å². The lowest BCUT2D eigenvalue weighted by molar-refractivity contribution is -0.140. The first-order valence-corrected chi connectivity index (χ1v) is 7.34. The number of carbonyl (C=O) groups is 1. The van der Waals surface area contributed by atoms with Crippen molar-refractivity contribution in [2.45, 2.75) is 38.6 Å². The summed E-state index contributed by atoms with van der Waals surface area (Å²) in [5, 5.41) is 9.53. The minimum atomic E-state index is -1.19. The number of carboxylic acids is 1. The zero-order valence-electron chi connectivity index (χ0n) is 10.9. The molecule has 1 aliphatic carbocycles. The van der Waals surface area contributed by atoms with Crippen LogP contribution < -0.4 is 11.2 Å². The molecule has 3 rings (SSSR count). The van der Waals surface area contributed by atoms with E-state index in [4.69, 9.17) is 5.11 Å². The van der Waals surface area contributed by atoms with Gasteiger partial charge in [-0.05, 0) is 38.2 Å². The van der Waals surface area contributed by atoms with Crippen molar-refractivity contribution in [1.29, 1.82) is 0 Å². The van der Waals surface area contributed by atoms with Gasteiger partial charge in [0.25, 0.3) is 5.56 Å². The van der Waals surface area contributed by atoms with Gasteiger partial charge < -0.3 is 5.11 Å². The van der Waals surface area contributed by atoms with Gasteiger partial charge in [0, 0.05) is 4.88 Å². The average molecular weight is 294 g/mol. The van der Waals surface area contributed by atoms with Gasteiger partial charge in [-0.25, -0.2) is 14.2 Å². The van der Waals surface area contributed by atoms with E-state index in [0.717, 1.165) is 40.7 Å². The van der Waals surface area contributed by atoms with Gasteiger partial charge in [-0.3, -0.25) is 9.78 Å². The highest BCUT2D eigenvalue weighted by atomic mass is 32.1. The van der Waals surface area contributed by atoms with Crippen molar-refractivity contribution in [3.05, 3.63) is 31.3 Å². The molecule has 1 unspecified atom stereocenters. The van der Waals surface area contributed by atoms with E-state index < -0.39 is 23.3 Å². The topological polar surface area (TPSA) is 92.2 Å². The van der Waals surface area contributed by atoms with Gasteiger partial charge in [0.2, 0.25) is 0 Å². The molecule has 7 heteroatoms. The lowest BCUT2D eigenvalue weighted by Crippen LogP contribution is -2.39.